The van der Waals surface area contributed by atoms with Crippen molar-refractivity contribution in [1.82, 2.24) is 0 Å². The maximum atomic E-state index is 11.9. The Hall–Kier alpha value is -2.21. The smallest absolute Gasteiger partial charge is 0.248 e. The van der Waals surface area contributed by atoms with E-state index in [1.807, 2.05) is 11.4 Å². The van der Waals surface area contributed by atoms with Gasteiger partial charge in [-0.2, -0.15) is 0 Å². The Kier molecular flexibility index (Phi) is 3.97. The normalized spacial score (nSPS) is 13.3. The second-order valence-corrected chi connectivity index (χ2v) is 5.41. The summed E-state index contributed by atoms with van der Waals surface area (Å²) in [6, 6.07) is 7.14. The SMILES string of the molecule is [B]c1csc(/C=C/C(=O)Nc2ccc3c(c2)OCCO3)c1. The molecule has 2 aromatic rings. The number of ether oxygens (including phenoxy) is 2. The van der Waals surface area contributed by atoms with Crippen molar-refractivity contribution < 1.29 is 14.3 Å². The minimum Gasteiger partial charge on any atom is -0.486 e. The van der Waals surface area contributed by atoms with Crippen LogP contribution in [0.4, 0.5) is 5.69 Å². The molecule has 1 aliphatic heterocycles. The highest BCUT2D eigenvalue weighted by Gasteiger charge is 2.12. The van der Waals surface area contributed by atoms with Crippen LogP contribution in [0.2, 0.25) is 0 Å². The van der Waals surface area contributed by atoms with Crippen LogP contribution in [0.5, 0.6) is 11.5 Å². The Balaban J connectivity index is 1.66. The van der Waals surface area contributed by atoms with Gasteiger partial charge in [0, 0.05) is 22.7 Å². The van der Waals surface area contributed by atoms with Gasteiger partial charge in [-0.3, -0.25) is 4.79 Å². The molecule has 0 aliphatic carbocycles. The van der Waals surface area contributed by atoms with Crippen molar-refractivity contribution in [3.05, 3.63) is 40.6 Å². The zero-order valence-electron chi connectivity index (χ0n) is 11.2. The molecule has 0 saturated carbocycles. The fraction of sp³-hybridized carbons (Fsp3) is 0.133. The van der Waals surface area contributed by atoms with Gasteiger partial charge in [0.05, 0.1) is 0 Å². The minimum absolute atomic E-state index is 0.210. The molecule has 1 N–H and O–H groups in total. The third kappa shape index (κ3) is 3.46. The molecule has 3 rings (SSSR count). The number of carbonyl (C=O) groups is 1. The van der Waals surface area contributed by atoms with Crippen molar-refractivity contribution in [3.8, 4) is 11.5 Å². The molecule has 1 aromatic carbocycles. The number of carbonyl (C=O) groups excluding carboxylic acids is 1. The number of anilines is 1. The van der Waals surface area contributed by atoms with Crippen LogP contribution in [0.3, 0.4) is 0 Å². The summed E-state index contributed by atoms with van der Waals surface area (Å²) < 4.78 is 10.9. The lowest BCUT2D eigenvalue weighted by molar-refractivity contribution is -0.111. The van der Waals surface area contributed by atoms with Crippen molar-refractivity contribution in [1.29, 1.82) is 0 Å². The van der Waals surface area contributed by atoms with Crippen molar-refractivity contribution >= 4 is 42.3 Å². The summed E-state index contributed by atoms with van der Waals surface area (Å²) in [5.41, 5.74) is 1.37. The molecule has 1 amide bonds. The van der Waals surface area contributed by atoms with Crippen LogP contribution < -0.4 is 20.3 Å². The highest BCUT2D eigenvalue weighted by molar-refractivity contribution is 7.11. The van der Waals surface area contributed by atoms with E-state index in [0.717, 1.165) is 4.88 Å². The van der Waals surface area contributed by atoms with Crippen molar-refractivity contribution in [3.63, 3.8) is 0 Å². The fourth-order valence-corrected chi connectivity index (χ4v) is 2.61. The first-order valence-electron chi connectivity index (χ1n) is 6.43. The predicted octanol–water partition coefficient (Wildman–Crippen LogP) is 1.96. The van der Waals surface area contributed by atoms with E-state index in [4.69, 9.17) is 17.3 Å². The van der Waals surface area contributed by atoms with Gasteiger partial charge in [-0.15, -0.1) is 11.3 Å². The molecule has 6 heteroatoms. The van der Waals surface area contributed by atoms with Gasteiger partial charge in [0.2, 0.25) is 5.91 Å². The molecule has 1 aliphatic rings. The Bertz CT molecular complexity index is 696. The van der Waals surface area contributed by atoms with Gasteiger partial charge in [0.25, 0.3) is 0 Å². The Labute approximate surface area is 127 Å². The van der Waals surface area contributed by atoms with Gasteiger partial charge in [0.15, 0.2) is 11.5 Å². The Morgan fingerprint density at radius 2 is 2.05 bits per heavy atom. The number of rotatable bonds is 3. The zero-order chi connectivity index (χ0) is 14.7. The quantitative estimate of drug-likeness (QED) is 0.696. The maximum Gasteiger partial charge on any atom is 0.248 e. The predicted molar refractivity (Wildman–Crippen MR) is 84.8 cm³/mol. The van der Waals surface area contributed by atoms with Gasteiger partial charge in [0.1, 0.15) is 21.1 Å². The molecule has 0 unspecified atom stereocenters. The van der Waals surface area contributed by atoms with Crippen molar-refractivity contribution in [2.24, 2.45) is 0 Å². The molecular formula is C15H12BNO3S. The first kappa shape index (κ1) is 13.8. The van der Waals surface area contributed by atoms with Crippen molar-refractivity contribution in [2.75, 3.05) is 18.5 Å². The van der Waals surface area contributed by atoms with Crippen molar-refractivity contribution in [2.45, 2.75) is 0 Å². The molecule has 2 heterocycles. The van der Waals surface area contributed by atoms with Gasteiger partial charge in [-0.05, 0) is 23.6 Å². The lowest BCUT2D eigenvalue weighted by Crippen LogP contribution is -2.16. The number of thiophene rings is 1. The van der Waals surface area contributed by atoms with E-state index in [0.29, 0.717) is 35.9 Å². The fourth-order valence-electron chi connectivity index (χ4n) is 1.92. The van der Waals surface area contributed by atoms with Crippen LogP contribution in [0.1, 0.15) is 4.88 Å². The average Bonchev–Trinajstić information content (AvgIpc) is 2.91. The molecule has 0 fully saturated rings. The summed E-state index contributed by atoms with van der Waals surface area (Å²) in [7, 11) is 5.62. The second-order valence-electron chi connectivity index (χ2n) is 4.46. The molecular weight excluding hydrogens is 285 g/mol. The third-order valence-corrected chi connectivity index (χ3v) is 3.76. The maximum absolute atomic E-state index is 11.9. The molecule has 4 nitrogen and oxygen atoms in total. The van der Waals surface area contributed by atoms with Crippen LogP contribution >= 0.6 is 11.3 Å². The number of hydrogen-bond acceptors (Lipinski definition) is 4. The van der Waals surface area contributed by atoms with E-state index >= 15 is 0 Å². The summed E-state index contributed by atoms with van der Waals surface area (Å²) in [5.74, 6) is 1.14. The van der Waals surface area contributed by atoms with Gasteiger partial charge >= 0.3 is 0 Å². The molecule has 21 heavy (non-hydrogen) atoms. The second kappa shape index (κ2) is 6.05. The van der Waals surface area contributed by atoms with E-state index in [1.165, 1.54) is 17.4 Å². The largest absolute Gasteiger partial charge is 0.486 e. The van der Waals surface area contributed by atoms with Crippen LogP contribution in [-0.2, 0) is 4.79 Å². The lowest BCUT2D eigenvalue weighted by Gasteiger charge is -2.18. The molecule has 0 atom stereocenters. The third-order valence-electron chi connectivity index (χ3n) is 2.85. The molecule has 0 saturated heterocycles. The average molecular weight is 297 g/mol. The minimum atomic E-state index is -0.210. The number of amides is 1. The molecule has 0 bridgehead atoms. The number of hydrogen-bond donors (Lipinski definition) is 1. The van der Waals surface area contributed by atoms with Gasteiger partial charge in [-0.1, -0.05) is 11.5 Å². The Morgan fingerprint density at radius 1 is 1.24 bits per heavy atom. The lowest BCUT2D eigenvalue weighted by atomic mass is 10.0. The summed E-state index contributed by atoms with van der Waals surface area (Å²) in [6.45, 7) is 1.06. The topological polar surface area (TPSA) is 47.6 Å². The first-order valence-corrected chi connectivity index (χ1v) is 7.31. The van der Waals surface area contributed by atoms with E-state index < -0.39 is 0 Å². The summed E-state index contributed by atoms with van der Waals surface area (Å²) in [5, 5.41) is 4.61. The monoisotopic (exact) mass is 297 g/mol. The zero-order valence-corrected chi connectivity index (χ0v) is 12.0. The van der Waals surface area contributed by atoms with Crippen LogP contribution in [-0.4, -0.2) is 27.0 Å². The summed E-state index contributed by atoms with van der Waals surface area (Å²) in [4.78, 5) is 12.8. The van der Waals surface area contributed by atoms with Crippen LogP contribution in [0.15, 0.2) is 35.7 Å². The van der Waals surface area contributed by atoms with E-state index in [-0.39, 0.29) is 5.91 Å². The van der Waals surface area contributed by atoms with E-state index in [2.05, 4.69) is 5.32 Å². The first-order chi connectivity index (χ1) is 10.2. The number of nitrogens with one attached hydrogen (secondary N) is 1. The van der Waals surface area contributed by atoms with Crippen LogP contribution in [0, 0.1) is 0 Å². The van der Waals surface area contributed by atoms with Gasteiger partial charge < -0.3 is 14.8 Å². The highest BCUT2D eigenvalue weighted by Crippen LogP contribution is 2.32. The van der Waals surface area contributed by atoms with Gasteiger partial charge in [-0.25, -0.2) is 0 Å². The standard InChI is InChI=1S/C15H12BNO3S/c16-10-7-12(21-9-10)2-4-15(18)17-11-1-3-13-14(8-11)20-6-5-19-13/h1-4,7-9H,5-6H2,(H,17,18)/b4-2+. The molecule has 104 valence electrons. The molecule has 2 radical (unpaired) electrons. The number of benzene rings is 1. The molecule has 0 spiro atoms. The number of fused-ring (bicyclic) bond motifs is 1. The Morgan fingerprint density at radius 3 is 2.81 bits per heavy atom. The van der Waals surface area contributed by atoms with E-state index in [9.17, 15) is 4.79 Å². The molecule has 1 aromatic heterocycles. The summed E-state index contributed by atoms with van der Waals surface area (Å²) in [6.07, 6.45) is 3.20. The summed E-state index contributed by atoms with van der Waals surface area (Å²) >= 11 is 1.49. The van der Waals surface area contributed by atoms with Crippen LogP contribution in [0.25, 0.3) is 6.08 Å². The van der Waals surface area contributed by atoms with E-state index in [1.54, 1.807) is 24.3 Å². The highest BCUT2D eigenvalue weighted by atomic mass is 32.1.